The summed E-state index contributed by atoms with van der Waals surface area (Å²) >= 11 is 7.45. The van der Waals surface area contributed by atoms with Crippen LogP contribution in [0.5, 0.6) is 0 Å². The molecule has 0 atom stereocenters. The van der Waals surface area contributed by atoms with Crippen molar-refractivity contribution in [3.05, 3.63) is 59.1 Å². The van der Waals surface area contributed by atoms with Gasteiger partial charge in [0.2, 0.25) is 10.0 Å². The Kier molecular flexibility index (Phi) is 6.21. The molecular formula is C18H19ClN4O2S2. The molecule has 1 heterocycles. The Hall–Kier alpha value is -1.87. The molecule has 0 bridgehead atoms. The lowest BCUT2D eigenvalue weighted by molar-refractivity contribution is 0.596. The highest BCUT2D eigenvalue weighted by molar-refractivity contribution is 7.99. The van der Waals surface area contributed by atoms with Crippen LogP contribution in [0.3, 0.4) is 0 Å². The normalized spacial score (nSPS) is 11.7. The second-order valence-corrected chi connectivity index (χ2v) is 9.29. The molecule has 0 unspecified atom stereocenters. The minimum Gasteiger partial charge on any atom is -0.270 e. The van der Waals surface area contributed by atoms with Crippen molar-refractivity contribution in [2.75, 3.05) is 11.5 Å². The highest BCUT2D eigenvalue weighted by atomic mass is 35.5. The molecule has 3 rings (SSSR count). The second kappa shape index (κ2) is 8.43. The third-order valence-corrected chi connectivity index (χ3v) is 5.92. The number of benzene rings is 2. The molecule has 0 fully saturated rings. The zero-order chi connectivity index (χ0) is 19.4. The Morgan fingerprint density at radius 3 is 2.56 bits per heavy atom. The number of aryl methyl sites for hydroxylation is 1. The van der Waals surface area contributed by atoms with Gasteiger partial charge in [0, 0.05) is 22.0 Å². The minimum atomic E-state index is -3.46. The van der Waals surface area contributed by atoms with Crippen LogP contribution in [0.1, 0.15) is 12.0 Å². The maximum Gasteiger partial charge on any atom is 0.209 e. The molecule has 0 saturated heterocycles. The molecule has 0 aliphatic carbocycles. The number of thioether (sulfide) groups is 1. The van der Waals surface area contributed by atoms with Crippen molar-refractivity contribution in [3.8, 4) is 17.1 Å². The molecule has 2 aromatic carbocycles. The summed E-state index contributed by atoms with van der Waals surface area (Å²) in [5.74, 6) is 1.22. The zero-order valence-electron chi connectivity index (χ0n) is 14.7. The van der Waals surface area contributed by atoms with Gasteiger partial charge in [0.05, 0.1) is 5.75 Å². The van der Waals surface area contributed by atoms with Crippen LogP contribution < -0.4 is 5.14 Å². The van der Waals surface area contributed by atoms with E-state index in [0.717, 1.165) is 16.8 Å². The fraction of sp³-hybridized carbons (Fsp3) is 0.222. The molecule has 142 valence electrons. The van der Waals surface area contributed by atoms with E-state index in [0.29, 0.717) is 28.2 Å². The second-order valence-electron chi connectivity index (χ2n) is 6.06. The van der Waals surface area contributed by atoms with E-state index in [1.54, 1.807) is 0 Å². The molecule has 27 heavy (non-hydrogen) atoms. The predicted octanol–water partition coefficient (Wildman–Crippen LogP) is 3.67. The summed E-state index contributed by atoms with van der Waals surface area (Å²) in [4.78, 5) is 0. The van der Waals surface area contributed by atoms with Gasteiger partial charge in [-0.3, -0.25) is 4.57 Å². The van der Waals surface area contributed by atoms with Crippen LogP contribution in [-0.2, 0) is 10.0 Å². The maximum absolute atomic E-state index is 11.1. The quantitative estimate of drug-likeness (QED) is 0.463. The largest absolute Gasteiger partial charge is 0.270 e. The van der Waals surface area contributed by atoms with Gasteiger partial charge in [-0.1, -0.05) is 35.5 Å². The number of nitrogens with two attached hydrogens (primary N) is 1. The Labute approximate surface area is 167 Å². The summed E-state index contributed by atoms with van der Waals surface area (Å²) in [6.07, 6.45) is 0.445. The van der Waals surface area contributed by atoms with Gasteiger partial charge in [-0.15, -0.1) is 10.2 Å². The van der Waals surface area contributed by atoms with Crippen LogP contribution in [0.25, 0.3) is 17.1 Å². The van der Waals surface area contributed by atoms with Gasteiger partial charge in [0.1, 0.15) is 0 Å². The van der Waals surface area contributed by atoms with Crippen LogP contribution in [0.4, 0.5) is 0 Å². The molecule has 2 N–H and O–H groups in total. The third-order valence-electron chi connectivity index (χ3n) is 3.80. The van der Waals surface area contributed by atoms with Gasteiger partial charge in [-0.2, -0.15) is 0 Å². The summed E-state index contributed by atoms with van der Waals surface area (Å²) in [6, 6.07) is 15.5. The molecule has 1 aromatic heterocycles. The standard InChI is InChI=1S/C18H19ClN4O2S2/c1-13-4-2-5-16(12-13)23-17(14-6-8-15(19)9-7-14)21-22-18(23)26-10-3-11-27(20,24)25/h2,4-9,12H,3,10-11H2,1H3,(H2,20,24,25). The van der Waals surface area contributed by atoms with Gasteiger partial charge >= 0.3 is 0 Å². The predicted molar refractivity (Wildman–Crippen MR) is 110 cm³/mol. The lowest BCUT2D eigenvalue weighted by atomic mass is 10.2. The van der Waals surface area contributed by atoms with Crippen molar-refractivity contribution in [3.63, 3.8) is 0 Å². The number of hydrogen-bond acceptors (Lipinski definition) is 5. The Balaban J connectivity index is 1.95. The van der Waals surface area contributed by atoms with Crippen LogP contribution >= 0.6 is 23.4 Å². The molecule has 0 radical (unpaired) electrons. The lowest BCUT2D eigenvalue weighted by Gasteiger charge is -2.11. The summed E-state index contributed by atoms with van der Waals surface area (Å²) in [5.41, 5.74) is 2.96. The molecule has 3 aromatic rings. The van der Waals surface area contributed by atoms with E-state index in [4.69, 9.17) is 16.7 Å². The number of hydrogen-bond donors (Lipinski definition) is 1. The topological polar surface area (TPSA) is 90.9 Å². The van der Waals surface area contributed by atoms with E-state index < -0.39 is 10.0 Å². The molecule has 0 aliphatic rings. The number of aromatic nitrogens is 3. The monoisotopic (exact) mass is 422 g/mol. The van der Waals surface area contributed by atoms with Crippen molar-refractivity contribution in [2.45, 2.75) is 18.5 Å². The van der Waals surface area contributed by atoms with E-state index >= 15 is 0 Å². The number of halogens is 1. The maximum atomic E-state index is 11.1. The highest BCUT2D eigenvalue weighted by Crippen LogP contribution is 2.29. The third kappa shape index (κ3) is 5.32. The van der Waals surface area contributed by atoms with Crippen molar-refractivity contribution >= 4 is 33.4 Å². The van der Waals surface area contributed by atoms with E-state index in [1.165, 1.54) is 11.8 Å². The van der Waals surface area contributed by atoms with Gasteiger partial charge in [0.15, 0.2) is 11.0 Å². The van der Waals surface area contributed by atoms with Crippen molar-refractivity contribution in [2.24, 2.45) is 5.14 Å². The molecule has 0 saturated carbocycles. The van der Waals surface area contributed by atoms with Crippen LogP contribution in [0, 0.1) is 6.92 Å². The average molecular weight is 423 g/mol. The first kappa shape index (κ1) is 19.9. The average Bonchev–Trinajstić information content (AvgIpc) is 3.02. The first-order valence-corrected chi connectivity index (χ1v) is 11.3. The number of primary sulfonamides is 1. The Morgan fingerprint density at radius 1 is 1.15 bits per heavy atom. The summed E-state index contributed by atoms with van der Waals surface area (Å²) < 4.78 is 24.2. The number of rotatable bonds is 7. The smallest absolute Gasteiger partial charge is 0.209 e. The Morgan fingerprint density at radius 2 is 1.89 bits per heavy atom. The molecule has 9 heteroatoms. The van der Waals surface area contributed by atoms with Crippen LogP contribution in [0.15, 0.2) is 53.7 Å². The SMILES string of the molecule is Cc1cccc(-n2c(SCCCS(N)(=O)=O)nnc2-c2ccc(Cl)cc2)c1. The van der Waals surface area contributed by atoms with Gasteiger partial charge < -0.3 is 0 Å². The van der Waals surface area contributed by atoms with Crippen LogP contribution in [-0.4, -0.2) is 34.7 Å². The zero-order valence-corrected chi connectivity index (χ0v) is 17.1. The van der Waals surface area contributed by atoms with Gasteiger partial charge in [-0.05, 0) is 55.3 Å². The van der Waals surface area contributed by atoms with E-state index in [2.05, 4.69) is 16.3 Å². The lowest BCUT2D eigenvalue weighted by Crippen LogP contribution is -2.16. The van der Waals surface area contributed by atoms with Crippen molar-refractivity contribution in [1.29, 1.82) is 0 Å². The first-order chi connectivity index (χ1) is 12.8. The number of nitrogens with zero attached hydrogens (tertiary/aromatic N) is 3. The van der Waals surface area contributed by atoms with E-state index in [-0.39, 0.29) is 5.75 Å². The minimum absolute atomic E-state index is 0.0530. The number of sulfonamides is 1. The molecule has 0 aliphatic heterocycles. The fourth-order valence-electron chi connectivity index (χ4n) is 2.57. The molecule has 0 spiro atoms. The van der Waals surface area contributed by atoms with Gasteiger partial charge in [-0.25, -0.2) is 13.6 Å². The molecular weight excluding hydrogens is 404 g/mol. The van der Waals surface area contributed by atoms with Crippen molar-refractivity contribution in [1.82, 2.24) is 14.8 Å². The Bertz CT molecular complexity index is 1030. The van der Waals surface area contributed by atoms with E-state index in [1.807, 2.05) is 54.0 Å². The van der Waals surface area contributed by atoms with Crippen molar-refractivity contribution < 1.29 is 8.42 Å². The van der Waals surface area contributed by atoms with Crippen LogP contribution in [0.2, 0.25) is 5.02 Å². The molecule has 6 nitrogen and oxygen atoms in total. The first-order valence-electron chi connectivity index (χ1n) is 8.25. The van der Waals surface area contributed by atoms with E-state index in [9.17, 15) is 8.42 Å². The highest BCUT2D eigenvalue weighted by Gasteiger charge is 2.16. The molecule has 0 amide bonds. The fourth-order valence-corrected chi connectivity index (χ4v) is 4.32. The van der Waals surface area contributed by atoms with Gasteiger partial charge in [0.25, 0.3) is 0 Å². The summed E-state index contributed by atoms with van der Waals surface area (Å²) in [5, 5.41) is 15.1. The summed E-state index contributed by atoms with van der Waals surface area (Å²) in [7, 11) is -3.46. The summed E-state index contributed by atoms with van der Waals surface area (Å²) in [6.45, 7) is 2.02.